The Balaban J connectivity index is 2.39. The van der Waals surface area contributed by atoms with Crippen molar-refractivity contribution in [2.75, 3.05) is 0 Å². The average Bonchev–Trinajstić information content (AvgIpc) is 1.88. The van der Waals surface area contributed by atoms with Crippen molar-refractivity contribution < 1.29 is 13.2 Å². The normalized spacial score (nSPS) is 23.1. The molecule has 0 spiro atoms. The highest BCUT2D eigenvalue weighted by Crippen LogP contribution is 2.36. The van der Waals surface area contributed by atoms with Gasteiger partial charge in [0.1, 0.15) is 0 Å². The van der Waals surface area contributed by atoms with Crippen molar-refractivity contribution in [1.82, 2.24) is 0 Å². The van der Waals surface area contributed by atoms with Gasteiger partial charge in [-0.1, -0.05) is 12.8 Å². The molecular weight excluding hydrogens is 141 g/mol. The lowest BCUT2D eigenvalue weighted by Gasteiger charge is -2.29. The molecule has 0 heterocycles. The Morgan fingerprint density at radius 2 is 1.60 bits per heavy atom. The van der Waals surface area contributed by atoms with E-state index in [2.05, 4.69) is 0 Å². The van der Waals surface area contributed by atoms with Crippen molar-refractivity contribution in [2.45, 2.75) is 31.9 Å². The van der Waals surface area contributed by atoms with E-state index in [9.17, 15) is 13.2 Å². The molecule has 1 saturated carbocycles. The number of halogens is 3. The lowest BCUT2D eigenvalue weighted by molar-refractivity contribution is -0.180. The first-order chi connectivity index (χ1) is 4.61. The van der Waals surface area contributed by atoms with Crippen LogP contribution in [-0.4, -0.2) is 6.18 Å². The van der Waals surface area contributed by atoms with Crippen molar-refractivity contribution in [3.8, 4) is 0 Å². The van der Waals surface area contributed by atoms with E-state index in [1.807, 2.05) is 6.42 Å². The Bertz CT molecular complexity index is 99.9. The molecule has 0 bridgehead atoms. The monoisotopic (exact) mass is 151 g/mol. The SMILES string of the molecule is FC(F)(F)C1CC[CH-]CC1. The minimum Gasteiger partial charge on any atom is -0.328 e. The Morgan fingerprint density at radius 1 is 1.10 bits per heavy atom. The van der Waals surface area contributed by atoms with Crippen molar-refractivity contribution >= 4 is 0 Å². The first kappa shape index (κ1) is 7.89. The third-order valence-corrected chi connectivity index (χ3v) is 1.90. The molecule has 0 aromatic rings. The molecule has 1 aliphatic carbocycles. The Labute approximate surface area is 58.4 Å². The average molecular weight is 151 g/mol. The van der Waals surface area contributed by atoms with E-state index < -0.39 is 12.1 Å². The van der Waals surface area contributed by atoms with Gasteiger partial charge in [-0.15, -0.1) is 0 Å². The largest absolute Gasteiger partial charge is 0.391 e. The molecular formula is C7H10F3-. The zero-order valence-electron chi connectivity index (χ0n) is 5.62. The molecule has 3 heteroatoms. The summed E-state index contributed by atoms with van der Waals surface area (Å²) >= 11 is 0. The van der Waals surface area contributed by atoms with E-state index >= 15 is 0 Å². The molecule has 0 unspecified atom stereocenters. The summed E-state index contributed by atoms with van der Waals surface area (Å²) in [4.78, 5) is 0. The summed E-state index contributed by atoms with van der Waals surface area (Å²) in [6, 6.07) is 0. The van der Waals surface area contributed by atoms with Crippen LogP contribution in [-0.2, 0) is 0 Å². The summed E-state index contributed by atoms with van der Waals surface area (Å²) in [6.07, 6.45) is -0.169. The molecule has 10 heavy (non-hydrogen) atoms. The quantitative estimate of drug-likeness (QED) is 0.467. The highest BCUT2D eigenvalue weighted by Gasteiger charge is 2.37. The molecule has 0 aromatic carbocycles. The van der Waals surface area contributed by atoms with E-state index in [0.29, 0.717) is 25.7 Å². The third kappa shape index (κ3) is 1.89. The smallest absolute Gasteiger partial charge is 0.328 e. The second-order valence-corrected chi connectivity index (χ2v) is 2.68. The van der Waals surface area contributed by atoms with Crippen LogP contribution in [0, 0.1) is 12.3 Å². The molecule has 1 aliphatic rings. The van der Waals surface area contributed by atoms with E-state index in [0.717, 1.165) is 0 Å². The van der Waals surface area contributed by atoms with Crippen molar-refractivity contribution in [3.63, 3.8) is 0 Å². The van der Waals surface area contributed by atoms with Gasteiger partial charge in [-0.3, -0.25) is 0 Å². The third-order valence-electron chi connectivity index (χ3n) is 1.90. The minimum absolute atomic E-state index is 0.295. The van der Waals surface area contributed by atoms with E-state index in [-0.39, 0.29) is 0 Å². The zero-order valence-corrected chi connectivity index (χ0v) is 5.62. The van der Waals surface area contributed by atoms with Crippen LogP contribution in [0.15, 0.2) is 0 Å². The summed E-state index contributed by atoms with van der Waals surface area (Å²) < 4.78 is 35.8. The summed E-state index contributed by atoms with van der Waals surface area (Å²) in [7, 11) is 0. The Kier molecular flexibility index (Phi) is 2.21. The predicted octanol–water partition coefficient (Wildman–Crippen LogP) is 2.94. The van der Waals surface area contributed by atoms with Gasteiger partial charge in [0, 0.05) is 0 Å². The summed E-state index contributed by atoms with van der Waals surface area (Å²) in [5.41, 5.74) is 0. The van der Waals surface area contributed by atoms with E-state index in [1.54, 1.807) is 0 Å². The minimum atomic E-state index is -3.95. The van der Waals surface area contributed by atoms with Crippen LogP contribution in [0.3, 0.4) is 0 Å². The summed E-state index contributed by atoms with van der Waals surface area (Å²) in [5.74, 6) is -1.03. The first-order valence-corrected chi connectivity index (χ1v) is 3.49. The predicted molar refractivity (Wildman–Crippen MR) is 32.3 cm³/mol. The fourth-order valence-electron chi connectivity index (χ4n) is 1.25. The fraction of sp³-hybridized carbons (Fsp3) is 0.857. The molecule has 0 aromatic heterocycles. The maximum absolute atomic E-state index is 11.9. The van der Waals surface area contributed by atoms with Crippen LogP contribution in [0.5, 0.6) is 0 Å². The van der Waals surface area contributed by atoms with Gasteiger partial charge in [-0.2, -0.15) is 26.0 Å². The summed E-state index contributed by atoms with van der Waals surface area (Å²) in [6.45, 7) is 0. The number of rotatable bonds is 0. The van der Waals surface area contributed by atoms with Gasteiger partial charge in [0.15, 0.2) is 0 Å². The van der Waals surface area contributed by atoms with Gasteiger partial charge in [-0.25, -0.2) is 0 Å². The van der Waals surface area contributed by atoms with Gasteiger partial charge >= 0.3 is 6.18 Å². The van der Waals surface area contributed by atoms with Crippen molar-refractivity contribution in [3.05, 3.63) is 6.42 Å². The van der Waals surface area contributed by atoms with Crippen LogP contribution in [0.4, 0.5) is 13.2 Å². The molecule has 0 amide bonds. The van der Waals surface area contributed by atoms with E-state index in [4.69, 9.17) is 0 Å². The standard InChI is InChI=1S/C7H10F3/c8-7(9,10)6-4-2-1-3-5-6/h1,6H,2-5H2/q-1. The Hall–Kier alpha value is -0.210. The van der Waals surface area contributed by atoms with Gasteiger partial charge in [0.05, 0.1) is 5.92 Å². The highest BCUT2D eigenvalue weighted by atomic mass is 19.4. The molecule has 0 nitrogen and oxygen atoms in total. The van der Waals surface area contributed by atoms with Gasteiger partial charge in [0.2, 0.25) is 0 Å². The second-order valence-electron chi connectivity index (χ2n) is 2.68. The summed E-state index contributed by atoms with van der Waals surface area (Å²) in [5, 5.41) is 0. The molecule has 60 valence electrons. The molecule has 0 aliphatic heterocycles. The van der Waals surface area contributed by atoms with Crippen molar-refractivity contribution in [1.29, 1.82) is 0 Å². The van der Waals surface area contributed by atoms with Crippen LogP contribution in [0.1, 0.15) is 25.7 Å². The molecule has 1 rings (SSSR count). The number of hydrogen-bond donors (Lipinski definition) is 0. The van der Waals surface area contributed by atoms with E-state index in [1.165, 1.54) is 0 Å². The fourth-order valence-corrected chi connectivity index (χ4v) is 1.25. The van der Waals surface area contributed by atoms with Crippen molar-refractivity contribution in [2.24, 2.45) is 5.92 Å². The number of hydrogen-bond acceptors (Lipinski definition) is 0. The molecule has 0 saturated heterocycles. The van der Waals surface area contributed by atoms with Crippen LogP contribution >= 0.6 is 0 Å². The molecule has 0 atom stereocenters. The zero-order chi connectivity index (χ0) is 7.61. The maximum Gasteiger partial charge on any atom is 0.391 e. The number of alkyl halides is 3. The first-order valence-electron chi connectivity index (χ1n) is 3.49. The molecule has 1 fully saturated rings. The van der Waals surface area contributed by atoms with Gasteiger partial charge in [0.25, 0.3) is 0 Å². The lowest BCUT2D eigenvalue weighted by Crippen LogP contribution is -2.24. The van der Waals surface area contributed by atoms with Crippen LogP contribution in [0.2, 0.25) is 0 Å². The second kappa shape index (κ2) is 2.81. The Morgan fingerprint density at radius 3 is 1.90 bits per heavy atom. The molecule has 0 radical (unpaired) electrons. The van der Waals surface area contributed by atoms with Gasteiger partial charge < -0.3 is 6.42 Å². The molecule has 0 N–H and O–H groups in total. The highest BCUT2D eigenvalue weighted by molar-refractivity contribution is 4.80. The maximum atomic E-state index is 11.9. The topological polar surface area (TPSA) is 0 Å². The lowest BCUT2D eigenvalue weighted by atomic mass is 9.89. The van der Waals surface area contributed by atoms with Gasteiger partial charge in [-0.05, 0) is 0 Å². The van der Waals surface area contributed by atoms with Crippen LogP contribution in [0.25, 0.3) is 0 Å². The van der Waals surface area contributed by atoms with Crippen LogP contribution < -0.4 is 0 Å².